The van der Waals surface area contributed by atoms with Gasteiger partial charge in [-0.05, 0) is 92.2 Å². The number of esters is 1. The van der Waals surface area contributed by atoms with E-state index in [0.717, 1.165) is 25.7 Å². The van der Waals surface area contributed by atoms with Crippen molar-refractivity contribution in [2.45, 2.75) is 103 Å². The van der Waals surface area contributed by atoms with Crippen molar-refractivity contribution >= 4 is 35.5 Å². The van der Waals surface area contributed by atoms with Crippen LogP contribution in [0.25, 0.3) is 10.9 Å². The van der Waals surface area contributed by atoms with Crippen LogP contribution >= 0.6 is 0 Å². The lowest BCUT2D eigenvalue weighted by atomic mass is 9.77. The van der Waals surface area contributed by atoms with Crippen molar-refractivity contribution in [1.29, 1.82) is 0 Å². The van der Waals surface area contributed by atoms with Gasteiger partial charge >= 0.3 is 19.2 Å². The molecule has 0 spiro atoms. The number of benzene rings is 1. The molecule has 10 heteroatoms. The third kappa shape index (κ3) is 5.37. The molecule has 1 aliphatic carbocycles. The largest absolute Gasteiger partial charge is 0.497 e. The monoisotopic (exact) mass is 556 g/mol. The first-order valence-electron chi connectivity index (χ1n) is 14.4. The Balaban J connectivity index is 1.65. The Morgan fingerprint density at radius 1 is 1.10 bits per heavy atom. The number of carbonyl (C=O) groups is 2. The maximum absolute atomic E-state index is 16.7. The Hall–Kier alpha value is -2.59. The maximum Gasteiger partial charge on any atom is 0.497 e. The molecule has 5 rings (SSSR count). The van der Waals surface area contributed by atoms with E-state index in [4.69, 9.17) is 18.8 Å². The van der Waals surface area contributed by atoms with Gasteiger partial charge in [-0.1, -0.05) is 0 Å². The summed E-state index contributed by atoms with van der Waals surface area (Å²) < 4.78 is 42.2. The average molecular weight is 556 g/mol. The highest BCUT2D eigenvalue weighted by Gasteiger charge is 2.53. The number of piperidine rings is 1. The van der Waals surface area contributed by atoms with Gasteiger partial charge in [0.05, 0.1) is 35.1 Å². The van der Waals surface area contributed by atoms with Crippen LogP contribution in [-0.4, -0.2) is 65.7 Å². The minimum Gasteiger partial charge on any atom is -0.465 e. The van der Waals surface area contributed by atoms with Crippen LogP contribution in [0.5, 0.6) is 0 Å². The summed E-state index contributed by atoms with van der Waals surface area (Å²) in [5.74, 6) is -0.689. The second kappa shape index (κ2) is 10.0. The van der Waals surface area contributed by atoms with Gasteiger partial charge in [0.1, 0.15) is 5.60 Å². The minimum atomic E-state index is -0.790. The molecule has 3 heterocycles. The van der Waals surface area contributed by atoms with Crippen LogP contribution < -0.4 is 5.46 Å². The van der Waals surface area contributed by atoms with Crippen molar-refractivity contribution in [1.82, 2.24) is 9.47 Å². The molecule has 0 radical (unpaired) electrons. The number of ether oxygens (including phenoxy) is 2. The van der Waals surface area contributed by atoms with Crippen LogP contribution in [0.15, 0.2) is 12.1 Å². The third-order valence-corrected chi connectivity index (χ3v) is 8.69. The summed E-state index contributed by atoms with van der Waals surface area (Å²) in [4.78, 5) is 27.3. The molecular weight excluding hydrogens is 514 g/mol. The molecule has 2 aromatic rings. The molecule has 218 valence electrons. The highest BCUT2D eigenvalue weighted by atomic mass is 19.1. The molecule has 0 unspecified atom stereocenters. The maximum atomic E-state index is 16.7. The van der Waals surface area contributed by atoms with Gasteiger partial charge in [0.25, 0.3) is 0 Å². The number of hydrogen-bond acceptors (Lipinski definition) is 6. The molecule has 1 amide bonds. The number of likely N-dealkylation sites (tertiary alicyclic amines) is 1. The molecule has 2 aliphatic heterocycles. The van der Waals surface area contributed by atoms with Gasteiger partial charge in [-0.15, -0.1) is 0 Å². The zero-order chi connectivity index (χ0) is 29.2. The van der Waals surface area contributed by atoms with Crippen molar-refractivity contribution in [3.63, 3.8) is 0 Å². The molecule has 3 fully saturated rings. The second-order valence-corrected chi connectivity index (χ2v) is 13.6. The molecular formula is C30H42BFN2O6. The summed E-state index contributed by atoms with van der Waals surface area (Å²) >= 11 is 0. The van der Waals surface area contributed by atoms with Crippen LogP contribution in [0.3, 0.4) is 0 Å². The summed E-state index contributed by atoms with van der Waals surface area (Å²) in [5, 5.41) is 0.345. The van der Waals surface area contributed by atoms with Crippen molar-refractivity contribution < 1.29 is 32.8 Å². The fraction of sp³-hybridized carbons (Fsp3) is 0.667. The van der Waals surface area contributed by atoms with Crippen LogP contribution in [-0.2, 0) is 25.3 Å². The number of rotatable bonds is 5. The van der Waals surface area contributed by atoms with Crippen LogP contribution in [0.2, 0.25) is 0 Å². The summed E-state index contributed by atoms with van der Waals surface area (Å²) in [5.41, 5.74) is 0.262. The third-order valence-electron chi connectivity index (χ3n) is 8.69. The van der Waals surface area contributed by atoms with E-state index >= 15 is 4.39 Å². The quantitative estimate of drug-likeness (QED) is 0.363. The molecule has 1 atom stereocenters. The summed E-state index contributed by atoms with van der Waals surface area (Å²) in [6.07, 6.45) is 3.27. The SMILES string of the molecule is COC(=O)c1cc(B2OC(C)(C)C(C)(C)O2)c2c(c1)c(F)c([C@@H]1CCCN(C(=O)OC(C)(C)C)C1)n2CC1CC1. The molecule has 0 N–H and O–H groups in total. The second-order valence-electron chi connectivity index (χ2n) is 13.6. The van der Waals surface area contributed by atoms with Gasteiger partial charge in [-0.2, -0.15) is 0 Å². The highest BCUT2D eigenvalue weighted by Crippen LogP contribution is 2.41. The Bertz CT molecular complexity index is 1310. The van der Waals surface area contributed by atoms with Gasteiger partial charge in [0, 0.05) is 36.4 Å². The Morgan fingerprint density at radius 3 is 2.33 bits per heavy atom. The average Bonchev–Trinajstić information content (AvgIpc) is 3.60. The first-order chi connectivity index (χ1) is 18.6. The smallest absolute Gasteiger partial charge is 0.465 e. The van der Waals surface area contributed by atoms with Gasteiger partial charge in [-0.3, -0.25) is 0 Å². The van der Waals surface area contributed by atoms with Gasteiger partial charge in [0.2, 0.25) is 0 Å². The summed E-state index contributed by atoms with van der Waals surface area (Å²) in [6.45, 7) is 15.0. The van der Waals surface area contributed by atoms with E-state index < -0.39 is 29.9 Å². The van der Waals surface area contributed by atoms with Crippen molar-refractivity contribution in [2.24, 2.45) is 5.92 Å². The van der Waals surface area contributed by atoms with E-state index in [0.29, 0.717) is 47.6 Å². The number of carbonyl (C=O) groups excluding carboxylic acids is 2. The van der Waals surface area contributed by atoms with Crippen molar-refractivity contribution in [3.8, 4) is 0 Å². The highest BCUT2D eigenvalue weighted by molar-refractivity contribution is 6.65. The lowest BCUT2D eigenvalue weighted by Crippen LogP contribution is -2.42. The molecule has 2 saturated heterocycles. The number of halogens is 1. The number of fused-ring (bicyclic) bond motifs is 1. The normalized spacial score (nSPS) is 22.6. The zero-order valence-corrected chi connectivity index (χ0v) is 25.1. The van der Waals surface area contributed by atoms with Gasteiger partial charge in [0.15, 0.2) is 5.82 Å². The Labute approximate surface area is 236 Å². The molecule has 0 bridgehead atoms. The first kappa shape index (κ1) is 28.9. The number of hydrogen-bond donors (Lipinski definition) is 0. The van der Waals surface area contributed by atoms with E-state index in [-0.39, 0.29) is 23.4 Å². The predicted octanol–water partition coefficient (Wildman–Crippen LogP) is 5.39. The molecule has 8 nitrogen and oxygen atoms in total. The minimum absolute atomic E-state index is 0.222. The van der Waals surface area contributed by atoms with E-state index in [1.807, 2.05) is 48.5 Å². The van der Waals surface area contributed by atoms with Crippen molar-refractivity contribution in [3.05, 3.63) is 29.2 Å². The van der Waals surface area contributed by atoms with Crippen LogP contribution in [0.1, 0.15) is 96.1 Å². The standard InChI is InChI=1S/C30H42BFN2O6/c1-28(2,3)38-27(36)33-13-9-10-19(17-33)24-23(32)21-14-20(26(35)37-8)15-22(25(21)34(24)16-18-11-12-18)31-39-29(4,5)30(6,7)40-31/h14-15,18-19H,9-13,16-17H2,1-8H3/t19-/m1/s1. The fourth-order valence-corrected chi connectivity index (χ4v) is 5.73. The van der Waals surface area contributed by atoms with Crippen LogP contribution in [0.4, 0.5) is 9.18 Å². The Kier molecular flexibility index (Phi) is 7.27. The van der Waals surface area contributed by atoms with Gasteiger partial charge < -0.3 is 28.2 Å². The van der Waals surface area contributed by atoms with E-state index in [9.17, 15) is 9.59 Å². The number of aromatic nitrogens is 1. The van der Waals surface area contributed by atoms with Gasteiger partial charge in [-0.25, -0.2) is 14.0 Å². The van der Waals surface area contributed by atoms with Crippen LogP contribution in [0, 0.1) is 11.7 Å². The lowest BCUT2D eigenvalue weighted by molar-refractivity contribution is 0.00578. The molecule has 1 aromatic heterocycles. The van der Waals surface area contributed by atoms with Crippen molar-refractivity contribution in [2.75, 3.05) is 20.2 Å². The molecule has 1 aromatic carbocycles. The number of methoxy groups -OCH3 is 1. The van der Waals surface area contributed by atoms with E-state index in [1.54, 1.807) is 17.0 Å². The predicted molar refractivity (Wildman–Crippen MR) is 151 cm³/mol. The van der Waals surface area contributed by atoms with E-state index in [1.165, 1.54) is 7.11 Å². The fourth-order valence-electron chi connectivity index (χ4n) is 5.73. The first-order valence-corrected chi connectivity index (χ1v) is 14.4. The topological polar surface area (TPSA) is 79.2 Å². The Morgan fingerprint density at radius 2 is 1.75 bits per heavy atom. The molecule has 3 aliphatic rings. The molecule has 1 saturated carbocycles. The summed E-state index contributed by atoms with van der Waals surface area (Å²) in [6, 6.07) is 3.30. The van der Waals surface area contributed by atoms with E-state index in [2.05, 4.69) is 4.57 Å². The summed E-state index contributed by atoms with van der Waals surface area (Å²) in [7, 11) is 0.524. The lowest BCUT2D eigenvalue weighted by Gasteiger charge is -2.34. The number of nitrogens with zero attached hydrogens (tertiary/aromatic N) is 2. The molecule has 40 heavy (non-hydrogen) atoms. The number of amides is 1. The zero-order valence-electron chi connectivity index (χ0n) is 25.1.